The van der Waals surface area contributed by atoms with Crippen LogP contribution in [0.4, 0.5) is 18.0 Å². The fourth-order valence-corrected chi connectivity index (χ4v) is 4.48. The zero-order valence-electron chi connectivity index (χ0n) is 18.1. The molecule has 3 aromatic heterocycles. The molecule has 0 unspecified atom stereocenters. The van der Waals surface area contributed by atoms with Crippen molar-refractivity contribution < 1.29 is 32.3 Å². The van der Waals surface area contributed by atoms with Crippen LogP contribution in [0.5, 0.6) is 5.75 Å². The summed E-state index contributed by atoms with van der Waals surface area (Å²) >= 11 is 0.554. The zero-order chi connectivity index (χ0) is 25.3. The zero-order valence-corrected chi connectivity index (χ0v) is 19.0. The third kappa shape index (κ3) is 4.98. The second-order valence-corrected chi connectivity index (χ2v) is 8.63. The van der Waals surface area contributed by atoms with Crippen molar-refractivity contribution in [1.82, 2.24) is 19.9 Å². The van der Waals surface area contributed by atoms with E-state index in [9.17, 15) is 18.0 Å². The summed E-state index contributed by atoms with van der Waals surface area (Å²) in [5.41, 5.74) is 1.97. The van der Waals surface area contributed by atoms with Crippen LogP contribution in [0, 0.1) is 0 Å². The molecular formula is C24H15F3N4O4S. The minimum Gasteiger partial charge on any atom is -0.449 e. The van der Waals surface area contributed by atoms with E-state index in [1.54, 1.807) is 54.6 Å². The number of aromatic nitrogens is 4. The Morgan fingerprint density at radius 3 is 2.53 bits per heavy atom. The first kappa shape index (κ1) is 23.3. The van der Waals surface area contributed by atoms with Crippen molar-refractivity contribution in [3.63, 3.8) is 0 Å². The Balaban J connectivity index is 1.36. The number of halogens is 3. The summed E-state index contributed by atoms with van der Waals surface area (Å²) < 4.78 is 52.4. The van der Waals surface area contributed by atoms with Crippen molar-refractivity contribution in [1.29, 1.82) is 0 Å². The van der Waals surface area contributed by atoms with E-state index in [0.29, 0.717) is 29.0 Å². The maximum Gasteiger partial charge on any atom is 0.511 e. The van der Waals surface area contributed by atoms with Crippen molar-refractivity contribution in [2.75, 3.05) is 0 Å². The van der Waals surface area contributed by atoms with Gasteiger partial charge in [-0.25, -0.2) is 4.79 Å². The Morgan fingerprint density at radius 2 is 1.83 bits per heavy atom. The summed E-state index contributed by atoms with van der Waals surface area (Å²) in [6, 6.07) is 16.8. The van der Waals surface area contributed by atoms with Gasteiger partial charge in [0.1, 0.15) is 4.88 Å². The van der Waals surface area contributed by atoms with Crippen molar-refractivity contribution in [3.05, 3.63) is 83.5 Å². The van der Waals surface area contributed by atoms with Crippen molar-refractivity contribution >= 4 is 17.5 Å². The highest BCUT2D eigenvalue weighted by atomic mass is 32.1. The summed E-state index contributed by atoms with van der Waals surface area (Å²) in [7, 11) is 0. The van der Waals surface area contributed by atoms with E-state index in [1.165, 1.54) is 23.1 Å². The molecule has 8 nitrogen and oxygen atoms in total. The average molecular weight is 512 g/mol. The van der Waals surface area contributed by atoms with Crippen LogP contribution >= 0.6 is 11.3 Å². The predicted octanol–water partition coefficient (Wildman–Crippen LogP) is 6.45. The highest BCUT2D eigenvalue weighted by Crippen LogP contribution is 2.45. The summed E-state index contributed by atoms with van der Waals surface area (Å²) in [6.45, 7) is 0.360. The van der Waals surface area contributed by atoms with E-state index in [2.05, 4.69) is 20.0 Å². The average Bonchev–Trinajstić information content (AvgIpc) is 3.59. The van der Waals surface area contributed by atoms with E-state index in [0.717, 1.165) is 5.56 Å². The summed E-state index contributed by atoms with van der Waals surface area (Å²) in [5.74, 6) is 0.335. The minimum absolute atomic E-state index is 0.00532. The standard InChI is InChI=1S/C24H15F3N4O4S/c25-24(26,27)20-18(15-4-2-1-3-5-15)10-19(36-20)22-29-21(30-35-22)16-8-6-14(7-9-16)12-31-13-17(11-28-31)34-23(32)33/h1-11,13H,12H2,(H,32,33). The molecule has 0 amide bonds. The van der Waals surface area contributed by atoms with Crippen LogP contribution in [-0.4, -0.2) is 31.2 Å². The number of benzene rings is 2. The Labute approximate surface area is 205 Å². The number of ether oxygens (including phenoxy) is 1. The Morgan fingerprint density at radius 1 is 1.08 bits per heavy atom. The van der Waals surface area contributed by atoms with Crippen molar-refractivity contribution in [3.8, 4) is 39.0 Å². The van der Waals surface area contributed by atoms with E-state index in [-0.39, 0.29) is 27.9 Å². The van der Waals surface area contributed by atoms with Gasteiger partial charge in [-0.05, 0) is 17.2 Å². The smallest absolute Gasteiger partial charge is 0.449 e. The van der Waals surface area contributed by atoms with Gasteiger partial charge in [-0.15, -0.1) is 11.3 Å². The molecule has 0 aliphatic carbocycles. The lowest BCUT2D eigenvalue weighted by Crippen LogP contribution is -2.03. The predicted molar refractivity (Wildman–Crippen MR) is 123 cm³/mol. The molecule has 3 heterocycles. The number of hydrogen-bond acceptors (Lipinski definition) is 7. The summed E-state index contributed by atoms with van der Waals surface area (Å²) in [6.07, 6.45) is -3.21. The summed E-state index contributed by atoms with van der Waals surface area (Å²) in [4.78, 5) is 14.4. The van der Waals surface area contributed by atoms with Crippen molar-refractivity contribution in [2.24, 2.45) is 0 Å². The van der Waals surface area contributed by atoms with E-state index < -0.39 is 17.2 Å². The molecule has 0 fully saturated rings. The number of hydrogen-bond donors (Lipinski definition) is 1. The molecule has 1 N–H and O–H groups in total. The minimum atomic E-state index is -4.53. The fraction of sp³-hybridized carbons (Fsp3) is 0.0833. The van der Waals surface area contributed by atoms with Crippen LogP contribution in [0.3, 0.4) is 0 Å². The maximum absolute atomic E-state index is 13.7. The lowest BCUT2D eigenvalue weighted by atomic mass is 10.1. The van der Waals surface area contributed by atoms with Gasteiger partial charge < -0.3 is 14.4 Å². The monoisotopic (exact) mass is 512 g/mol. The number of alkyl halides is 3. The number of rotatable bonds is 6. The molecule has 0 aliphatic heterocycles. The first-order valence-electron chi connectivity index (χ1n) is 10.4. The maximum atomic E-state index is 13.7. The molecule has 0 atom stereocenters. The Hall–Kier alpha value is -4.45. The van der Waals surface area contributed by atoms with Gasteiger partial charge in [0.25, 0.3) is 5.89 Å². The van der Waals surface area contributed by atoms with Crippen LogP contribution in [0.1, 0.15) is 10.4 Å². The highest BCUT2D eigenvalue weighted by molar-refractivity contribution is 7.16. The van der Waals surface area contributed by atoms with Gasteiger partial charge in [-0.3, -0.25) is 4.68 Å². The topological polar surface area (TPSA) is 103 Å². The first-order valence-corrected chi connectivity index (χ1v) is 11.2. The van der Waals surface area contributed by atoms with Crippen LogP contribution in [0.25, 0.3) is 33.3 Å². The van der Waals surface area contributed by atoms with Crippen LogP contribution in [0.15, 0.2) is 77.6 Å². The second kappa shape index (κ2) is 9.30. The molecule has 12 heteroatoms. The van der Waals surface area contributed by atoms with Gasteiger partial charge in [-0.2, -0.15) is 23.3 Å². The van der Waals surface area contributed by atoms with Crippen LogP contribution in [-0.2, 0) is 12.7 Å². The highest BCUT2D eigenvalue weighted by Gasteiger charge is 2.37. The van der Waals surface area contributed by atoms with Crippen molar-refractivity contribution in [2.45, 2.75) is 12.7 Å². The van der Waals surface area contributed by atoms with E-state index >= 15 is 0 Å². The van der Waals surface area contributed by atoms with Gasteiger partial charge in [0.2, 0.25) is 5.82 Å². The molecular weight excluding hydrogens is 497 g/mol. The van der Waals surface area contributed by atoms with Crippen LogP contribution in [0.2, 0.25) is 0 Å². The van der Waals surface area contributed by atoms with Gasteiger partial charge in [0.15, 0.2) is 5.75 Å². The molecule has 5 aromatic rings. The van der Waals surface area contributed by atoms with Gasteiger partial charge in [0.05, 0.1) is 23.8 Å². The normalized spacial score (nSPS) is 11.5. The second-order valence-electron chi connectivity index (χ2n) is 7.58. The number of carbonyl (C=O) groups is 1. The Bertz CT molecular complexity index is 1510. The SMILES string of the molecule is O=C(O)Oc1cnn(Cc2ccc(-c3noc(-c4cc(-c5ccccc5)c(C(F)(F)F)s4)n3)cc2)c1. The van der Waals surface area contributed by atoms with E-state index in [4.69, 9.17) is 9.63 Å². The first-order chi connectivity index (χ1) is 17.3. The lowest BCUT2D eigenvalue weighted by Gasteiger charge is -2.07. The number of carboxylic acid groups (broad SMARTS) is 1. The third-order valence-corrected chi connectivity index (χ3v) is 6.25. The lowest BCUT2D eigenvalue weighted by molar-refractivity contribution is -0.133. The summed E-state index contributed by atoms with van der Waals surface area (Å²) in [5, 5.41) is 16.6. The number of nitrogens with zero attached hydrogens (tertiary/aromatic N) is 4. The molecule has 36 heavy (non-hydrogen) atoms. The quantitative estimate of drug-likeness (QED) is 0.261. The molecule has 0 bridgehead atoms. The molecule has 5 rings (SSSR count). The Kier molecular flexibility index (Phi) is 6.02. The molecule has 0 saturated carbocycles. The number of thiophene rings is 1. The molecule has 0 radical (unpaired) electrons. The molecule has 0 spiro atoms. The third-order valence-electron chi connectivity index (χ3n) is 5.08. The van der Waals surface area contributed by atoms with Gasteiger partial charge in [0, 0.05) is 11.1 Å². The fourth-order valence-electron chi connectivity index (χ4n) is 3.51. The molecule has 0 aliphatic rings. The van der Waals surface area contributed by atoms with Gasteiger partial charge >= 0.3 is 12.3 Å². The van der Waals surface area contributed by atoms with Gasteiger partial charge in [-0.1, -0.05) is 59.8 Å². The molecule has 182 valence electrons. The van der Waals surface area contributed by atoms with Crippen LogP contribution < -0.4 is 4.74 Å². The molecule has 0 saturated heterocycles. The van der Waals surface area contributed by atoms with E-state index in [1.807, 2.05) is 0 Å². The molecule has 2 aromatic carbocycles. The largest absolute Gasteiger partial charge is 0.511 e.